The number of piperidine rings is 1. The number of anilines is 2. The molecular weight excluding hydrogens is 345 g/mol. The molecule has 0 radical (unpaired) electrons. The number of hydrogen-bond acceptors (Lipinski definition) is 3. The van der Waals surface area contributed by atoms with Crippen LogP contribution in [0.5, 0.6) is 0 Å². The van der Waals surface area contributed by atoms with Gasteiger partial charge in [0, 0.05) is 17.9 Å². The highest BCUT2D eigenvalue weighted by atomic mass is 19.1. The summed E-state index contributed by atoms with van der Waals surface area (Å²) in [6, 6.07) is 14.8. The fourth-order valence-electron chi connectivity index (χ4n) is 3.32. The molecule has 27 heavy (non-hydrogen) atoms. The molecule has 6 heteroatoms. The minimum Gasteiger partial charge on any atom is -0.326 e. The summed E-state index contributed by atoms with van der Waals surface area (Å²) in [7, 11) is 0. The molecule has 2 aromatic rings. The summed E-state index contributed by atoms with van der Waals surface area (Å²) in [5, 5.41) is 5.68. The first-order valence-corrected chi connectivity index (χ1v) is 9.19. The Bertz CT molecular complexity index is 797. The number of rotatable bonds is 5. The maximum absolute atomic E-state index is 13.3. The Kier molecular flexibility index (Phi) is 6.19. The molecule has 0 spiro atoms. The number of amides is 2. The highest BCUT2D eigenvalue weighted by Crippen LogP contribution is 2.21. The van der Waals surface area contributed by atoms with Gasteiger partial charge in [0.25, 0.3) is 0 Å². The van der Waals surface area contributed by atoms with Crippen molar-refractivity contribution >= 4 is 23.2 Å². The fourth-order valence-corrected chi connectivity index (χ4v) is 3.32. The van der Waals surface area contributed by atoms with E-state index in [9.17, 15) is 14.0 Å². The van der Waals surface area contributed by atoms with Crippen molar-refractivity contribution in [2.24, 2.45) is 5.92 Å². The van der Waals surface area contributed by atoms with Crippen LogP contribution in [-0.2, 0) is 9.59 Å². The molecule has 0 bridgehead atoms. The zero-order valence-corrected chi connectivity index (χ0v) is 15.3. The summed E-state index contributed by atoms with van der Waals surface area (Å²) in [6.07, 6.45) is 1.65. The Morgan fingerprint density at radius 2 is 1.81 bits per heavy atom. The van der Waals surface area contributed by atoms with E-state index in [1.165, 1.54) is 12.1 Å². The molecular formula is C21H24FN3O2. The van der Waals surface area contributed by atoms with Gasteiger partial charge in [-0.2, -0.15) is 0 Å². The molecule has 1 heterocycles. The average molecular weight is 369 g/mol. The van der Waals surface area contributed by atoms with E-state index in [4.69, 9.17) is 0 Å². The van der Waals surface area contributed by atoms with Crippen LogP contribution >= 0.6 is 0 Å². The van der Waals surface area contributed by atoms with Crippen LogP contribution in [0.3, 0.4) is 0 Å². The normalized spacial score (nSPS) is 18.5. The minimum absolute atomic E-state index is 0.0244. The predicted octanol–water partition coefficient (Wildman–Crippen LogP) is 3.50. The molecule has 5 nitrogen and oxygen atoms in total. The number of halogens is 1. The van der Waals surface area contributed by atoms with Crippen molar-refractivity contribution in [1.82, 2.24) is 4.90 Å². The molecule has 0 aromatic heterocycles. The van der Waals surface area contributed by atoms with Crippen LogP contribution in [0.1, 0.15) is 19.8 Å². The van der Waals surface area contributed by atoms with Gasteiger partial charge in [-0.05, 0) is 56.6 Å². The van der Waals surface area contributed by atoms with E-state index < -0.39 is 11.9 Å². The van der Waals surface area contributed by atoms with Gasteiger partial charge >= 0.3 is 0 Å². The van der Waals surface area contributed by atoms with E-state index in [0.717, 1.165) is 25.1 Å². The third-order valence-electron chi connectivity index (χ3n) is 4.88. The number of nitrogens with zero attached hydrogens (tertiary/aromatic N) is 1. The topological polar surface area (TPSA) is 61.4 Å². The number of carbonyl (C=O) groups is 2. The lowest BCUT2D eigenvalue weighted by Gasteiger charge is -2.35. The molecule has 1 aliphatic heterocycles. The van der Waals surface area contributed by atoms with E-state index in [-0.39, 0.29) is 17.7 Å². The highest BCUT2D eigenvalue weighted by Gasteiger charge is 2.31. The van der Waals surface area contributed by atoms with Gasteiger partial charge in [0.2, 0.25) is 11.8 Å². The average Bonchev–Trinajstić information content (AvgIpc) is 2.68. The smallest absolute Gasteiger partial charge is 0.241 e. The summed E-state index contributed by atoms with van der Waals surface area (Å²) in [4.78, 5) is 27.1. The first kappa shape index (κ1) is 19.0. The molecule has 2 aromatic carbocycles. The van der Waals surface area contributed by atoms with Crippen molar-refractivity contribution in [2.45, 2.75) is 25.8 Å². The van der Waals surface area contributed by atoms with Gasteiger partial charge in [-0.15, -0.1) is 0 Å². The molecule has 0 saturated carbocycles. The second-order valence-electron chi connectivity index (χ2n) is 6.86. The lowest BCUT2D eigenvalue weighted by Crippen LogP contribution is -2.49. The summed E-state index contributed by atoms with van der Waals surface area (Å²) in [5.74, 6) is -0.784. The van der Waals surface area contributed by atoms with E-state index >= 15 is 0 Å². The fraction of sp³-hybridized carbons (Fsp3) is 0.333. The van der Waals surface area contributed by atoms with Crippen LogP contribution in [0.15, 0.2) is 54.6 Å². The Hall–Kier alpha value is -2.73. The monoisotopic (exact) mass is 369 g/mol. The highest BCUT2D eigenvalue weighted by molar-refractivity contribution is 5.95. The van der Waals surface area contributed by atoms with E-state index in [1.54, 1.807) is 12.1 Å². The molecule has 1 fully saturated rings. The van der Waals surface area contributed by atoms with Crippen LogP contribution in [-0.4, -0.2) is 35.8 Å². The van der Waals surface area contributed by atoms with E-state index in [0.29, 0.717) is 12.2 Å². The summed E-state index contributed by atoms with van der Waals surface area (Å²) >= 11 is 0. The minimum atomic E-state index is -0.402. The van der Waals surface area contributed by atoms with Crippen LogP contribution in [0.4, 0.5) is 15.8 Å². The molecule has 2 atom stereocenters. The summed E-state index contributed by atoms with van der Waals surface area (Å²) < 4.78 is 13.3. The van der Waals surface area contributed by atoms with Crippen molar-refractivity contribution in [2.75, 3.05) is 23.7 Å². The quantitative estimate of drug-likeness (QED) is 0.848. The van der Waals surface area contributed by atoms with Crippen molar-refractivity contribution in [3.63, 3.8) is 0 Å². The Morgan fingerprint density at radius 1 is 1.07 bits per heavy atom. The standard InChI is InChI=1S/C21H24FN3O2/c1-15(20(26)24-19-11-5-8-17(22)13-19)25-12-6-7-16(14-25)21(27)23-18-9-3-2-4-10-18/h2-5,8-11,13,15-16H,6-7,12,14H2,1H3,(H,23,27)(H,24,26). The number of nitrogens with one attached hydrogen (secondary N) is 2. The van der Waals surface area contributed by atoms with E-state index in [2.05, 4.69) is 10.6 Å². The lowest BCUT2D eigenvalue weighted by molar-refractivity contribution is -0.125. The second-order valence-corrected chi connectivity index (χ2v) is 6.86. The van der Waals surface area contributed by atoms with Gasteiger partial charge in [-0.25, -0.2) is 4.39 Å². The van der Waals surface area contributed by atoms with Crippen molar-refractivity contribution in [3.8, 4) is 0 Å². The molecule has 1 saturated heterocycles. The Morgan fingerprint density at radius 3 is 2.56 bits per heavy atom. The third-order valence-corrected chi connectivity index (χ3v) is 4.88. The maximum atomic E-state index is 13.3. The Labute approximate surface area is 158 Å². The largest absolute Gasteiger partial charge is 0.326 e. The molecule has 3 rings (SSSR count). The molecule has 1 aliphatic rings. The number of para-hydroxylation sites is 1. The second kappa shape index (κ2) is 8.77. The molecule has 2 N–H and O–H groups in total. The van der Waals surface area contributed by atoms with Gasteiger partial charge in [0.15, 0.2) is 0 Å². The number of carbonyl (C=O) groups excluding carboxylic acids is 2. The predicted molar refractivity (Wildman–Crippen MR) is 104 cm³/mol. The molecule has 2 unspecified atom stereocenters. The van der Waals surface area contributed by atoms with Crippen LogP contribution in [0, 0.1) is 11.7 Å². The molecule has 142 valence electrons. The number of hydrogen-bond donors (Lipinski definition) is 2. The van der Waals surface area contributed by atoms with Crippen LogP contribution in [0.25, 0.3) is 0 Å². The summed E-state index contributed by atoms with van der Waals surface area (Å²) in [5.41, 5.74) is 1.21. The molecule has 0 aliphatic carbocycles. The lowest BCUT2D eigenvalue weighted by atomic mass is 9.95. The summed E-state index contributed by atoms with van der Waals surface area (Å²) in [6.45, 7) is 3.09. The van der Waals surface area contributed by atoms with Gasteiger partial charge in [-0.1, -0.05) is 24.3 Å². The van der Waals surface area contributed by atoms with Gasteiger partial charge in [0.1, 0.15) is 5.82 Å². The first-order valence-electron chi connectivity index (χ1n) is 9.19. The first-order chi connectivity index (χ1) is 13.0. The van der Waals surface area contributed by atoms with Crippen molar-refractivity contribution < 1.29 is 14.0 Å². The van der Waals surface area contributed by atoms with Gasteiger partial charge < -0.3 is 10.6 Å². The number of benzene rings is 2. The van der Waals surface area contributed by atoms with Crippen molar-refractivity contribution in [1.29, 1.82) is 0 Å². The third kappa shape index (κ3) is 5.14. The van der Waals surface area contributed by atoms with Gasteiger partial charge in [-0.3, -0.25) is 14.5 Å². The zero-order valence-electron chi connectivity index (χ0n) is 15.3. The van der Waals surface area contributed by atoms with Crippen LogP contribution in [0.2, 0.25) is 0 Å². The zero-order chi connectivity index (χ0) is 19.2. The van der Waals surface area contributed by atoms with Crippen molar-refractivity contribution in [3.05, 3.63) is 60.4 Å². The molecule has 2 amide bonds. The van der Waals surface area contributed by atoms with E-state index in [1.807, 2.05) is 42.2 Å². The maximum Gasteiger partial charge on any atom is 0.241 e. The van der Waals surface area contributed by atoms with Gasteiger partial charge in [0.05, 0.1) is 12.0 Å². The SMILES string of the molecule is CC(C(=O)Nc1cccc(F)c1)N1CCCC(C(=O)Nc2ccccc2)C1. The van der Waals surface area contributed by atoms with Crippen LogP contribution < -0.4 is 10.6 Å². The Balaban J connectivity index is 1.57. The number of likely N-dealkylation sites (tertiary alicyclic amines) is 1.